The van der Waals surface area contributed by atoms with Gasteiger partial charge in [-0.3, -0.25) is 0 Å². The van der Waals surface area contributed by atoms with E-state index in [1.54, 1.807) is 6.92 Å². The number of hydrogen-bond acceptors (Lipinski definition) is 14. The van der Waals surface area contributed by atoms with Gasteiger partial charge in [0.05, 0.1) is 6.61 Å². The molecule has 0 bridgehead atoms. The number of carbonyl (C=O) groups excluding carboxylic acids is 1. The van der Waals surface area contributed by atoms with Crippen molar-refractivity contribution in [1.29, 1.82) is 0 Å². The van der Waals surface area contributed by atoms with Crippen LogP contribution in [0.15, 0.2) is 12.2 Å². The average Bonchev–Trinajstić information content (AvgIpc) is 3.15. The molecule has 0 aromatic carbocycles. The van der Waals surface area contributed by atoms with Crippen LogP contribution in [0.1, 0.15) is 13.3 Å². The molecule has 2 fully saturated rings. The van der Waals surface area contributed by atoms with E-state index < -0.39 is 119 Å². The minimum Gasteiger partial charge on any atom is -0.462 e. The molecule has 0 saturated carbocycles. The predicted molar refractivity (Wildman–Crippen MR) is 341 cm³/mol. The van der Waals surface area contributed by atoms with Crippen molar-refractivity contribution in [1.82, 2.24) is 0 Å². The first-order valence-electron chi connectivity index (χ1n) is 27.5. The zero-order valence-corrected chi connectivity index (χ0v) is 67.9. The van der Waals surface area contributed by atoms with Gasteiger partial charge in [0.15, 0.2) is 33.3 Å². The molecule has 426 valence electrons. The lowest BCUT2D eigenvalue weighted by Gasteiger charge is -2.51. The summed E-state index contributed by atoms with van der Waals surface area (Å²) in [7, 11) is -34.7. The van der Waals surface area contributed by atoms with Crippen molar-refractivity contribution in [3.8, 4) is 0 Å². The van der Waals surface area contributed by atoms with E-state index >= 15 is 0 Å². The van der Waals surface area contributed by atoms with Crippen molar-refractivity contribution < 1.29 is 60.3 Å². The zero-order valence-electron chi connectivity index (χ0n) is 50.3. The van der Waals surface area contributed by atoms with Crippen molar-refractivity contribution in [3.63, 3.8) is 0 Å². The number of carbonyl (C=O) groups is 1. The molecule has 0 aromatic rings. The SMILES string of the molecule is C=C(C)C(=O)OCCC[Si]1(C)O[Si](C)(CC[Si](C)(C)O)O[Si](C)(CC[SiH2]C)O[Si](C)(CC[Si](C)(C)O[Si](C)(C)O[Si](C)(C)CC[Si]2(C)O[Si](C)(CC[SiH3])O[Si](C)(CC[Si](C)(C)O)O[Si](C)(CC[SiH](C)C)O2)O1. The van der Waals surface area contributed by atoms with Crippen LogP contribution < -0.4 is 0 Å². The first kappa shape index (κ1) is 70.3. The third-order valence-corrected chi connectivity index (χ3v) is 72.4. The molecule has 30 heteroatoms. The fourth-order valence-corrected chi connectivity index (χ4v) is 92.3. The largest absolute Gasteiger partial charge is 0.462 e. The second-order valence-corrected chi connectivity index (χ2v) is 81.9. The molecule has 0 aromatic heterocycles. The maximum Gasteiger partial charge on any atom is 0.333 e. The number of rotatable bonds is 29. The molecule has 2 heterocycles. The van der Waals surface area contributed by atoms with Crippen molar-refractivity contribution in [3.05, 3.63) is 12.2 Å². The van der Waals surface area contributed by atoms with Gasteiger partial charge in [0.1, 0.15) is 0 Å². The van der Waals surface area contributed by atoms with Crippen LogP contribution in [-0.2, 0) is 50.7 Å². The van der Waals surface area contributed by atoms with Crippen LogP contribution in [0.3, 0.4) is 0 Å². The molecular weight excluding hydrogens is 1180 g/mol. The van der Waals surface area contributed by atoms with Crippen LogP contribution in [0.25, 0.3) is 0 Å². The normalized spacial score (nSPS) is 33.0. The lowest BCUT2D eigenvalue weighted by atomic mass is 10.4. The van der Waals surface area contributed by atoms with E-state index in [9.17, 15) is 14.4 Å². The quantitative estimate of drug-likeness (QED) is 0.0315. The minimum absolute atomic E-state index is 0.244. The summed E-state index contributed by atoms with van der Waals surface area (Å²) in [6.07, 6.45) is 0.600. The van der Waals surface area contributed by atoms with E-state index in [0.717, 1.165) is 76.7 Å². The maximum atomic E-state index is 12.3. The summed E-state index contributed by atoms with van der Waals surface area (Å²) in [6, 6.07) is 13.1. The zero-order chi connectivity index (χ0) is 55.7. The lowest BCUT2D eigenvalue weighted by Crippen LogP contribution is -2.67. The van der Waals surface area contributed by atoms with Crippen LogP contribution in [0.5, 0.6) is 0 Å². The van der Waals surface area contributed by atoms with Crippen molar-refractivity contribution >= 4 is 145 Å². The Bertz CT molecular complexity index is 1750. The van der Waals surface area contributed by atoms with Gasteiger partial charge in [-0.1, -0.05) is 44.4 Å². The second-order valence-electron chi connectivity index (χ2n) is 26.4. The molecule has 8 unspecified atom stereocenters. The highest BCUT2D eigenvalue weighted by atomic mass is 28.5. The van der Waals surface area contributed by atoms with Crippen molar-refractivity contribution in [2.24, 2.45) is 0 Å². The van der Waals surface area contributed by atoms with E-state index in [1.807, 2.05) is 26.2 Å². The Balaban J connectivity index is 2.41. The fourth-order valence-electron chi connectivity index (χ4n) is 10.4. The molecule has 2 rings (SSSR count). The molecule has 0 radical (unpaired) electrons. The molecule has 2 saturated heterocycles. The maximum absolute atomic E-state index is 12.3. The average molecular weight is 1290 g/mol. The molecule has 2 aliphatic rings. The lowest BCUT2D eigenvalue weighted by molar-refractivity contribution is -0.139. The molecule has 2 N–H and O–H groups in total. The van der Waals surface area contributed by atoms with Gasteiger partial charge in [0.25, 0.3) is 0 Å². The van der Waals surface area contributed by atoms with Gasteiger partial charge in [-0.2, -0.15) is 0 Å². The molecule has 8 atom stereocenters. The first-order valence-corrected chi connectivity index (χ1v) is 70.0. The van der Waals surface area contributed by atoms with Crippen LogP contribution in [0.2, 0.25) is 228 Å². The first-order chi connectivity index (χ1) is 32.3. The van der Waals surface area contributed by atoms with Crippen LogP contribution in [0.4, 0.5) is 0 Å². The van der Waals surface area contributed by atoms with Gasteiger partial charge < -0.3 is 55.5 Å². The highest BCUT2D eigenvalue weighted by molar-refractivity contribution is 6.97. The Labute approximate surface area is 461 Å². The number of hydrogen-bond donors (Lipinski definition) is 2. The predicted octanol–water partition coefficient (Wildman–Crippen LogP) is 10.7. The van der Waals surface area contributed by atoms with Gasteiger partial charge in [-0.05, 0) is 204 Å². The molecule has 72 heavy (non-hydrogen) atoms. The Hall–Kier alpha value is 2.20. The van der Waals surface area contributed by atoms with Gasteiger partial charge in [-0.15, -0.1) is 0 Å². The van der Waals surface area contributed by atoms with E-state index in [2.05, 4.69) is 118 Å². The van der Waals surface area contributed by atoms with Crippen LogP contribution >= 0.6 is 0 Å². The summed E-state index contributed by atoms with van der Waals surface area (Å²) in [4.78, 5) is 34.3. The van der Waals surface area contributed by atoms with E-state index in [1.165, 1.54) is 6.04 Å². The summed E-state index contributed by atoms with van der Waals surface area (Å²) in [5.41, 5.74) is 0.382. The fraction of sp³-hybridized carbons (Fsp3) is 0.929. The molecule has 14 nitrogen and oxygen atoms in total. The standard InChI is InChI=1S/C42H110O14Si16/c1-41(2)42(43)46-25-24-29-65(16)49-69(20,37-33-60(6,7)44)53-67(18,31-27-58-3)54-71(22,50-65)39-35-62(10,11)47-64(14,15)48-63(12,13)36-40-72(23)52-66(17,30-26-57)51-70(21,38-34-61(8,9)45)55-68(19,56-72)32-28-59(4)5/h44-45,59H,1,24-40,58H2,2-23,57H3. The van der Waals surface area contributed by atoms with E-state index in [4.69, 9.17) is 45.9 Å². The minimum atomic E-state index is -2.98. The summed E-state index contributed by atoms with van der Waals surface area (Å²) in [6.45, 7) is 52.4. The van der Waals surface area contributed by atoms with Gasteiger partial charge in [0.2, 0.25) is 0 Å². The highest BCUT2D eigenvalue weighted by Crippen LogP contribution is 2.43. The van der Waals surface area contributed by atoms with E-state index in [-0.39, 0.29) is 22.1 Å². The number of esters is 1. The van der Waals surface area contributed by atoms with Gasteiger partial charge >= 0.3 is 83.0 Å². The summed E-state index contributed by atoms with van der Waals surface area (Å²) >= 11 is 0. The monoisotopic (exact) mass is 1290 g/mol. The Kier molecular flexibility index (Phi) is 26.7. The molecule has 0 amide bonds. The van der Waals surface area contributed by atoms with Crippen molar-refractivity contribution in [2.75, 3.05) is 6.61 Å². The number of ether oxygens (including phenoxy) is 1. The van der Waals surface area contributed by atoms with Crippen LogP contribution in [-0.4, -0.2) is 161 Å². The molecule has 2 aliphatic heterocycles. The third kappa shape index (κ3) is 26.6. The highest BCUT2D eigenvalue weighted by Gasteiger charge is 2.59. The topological polar surface area (TPSA) is 159 Å². The van der Waals surface area contributed by atoms with Gasteiger partial charge in [0, 0.05) is 34.1 Å². The summed E-state index contributed by atoms with van der Waals surface area (Å²) in [5.74, 6) is -0.387. The molecule has 0 aliphatic carbocycles. The van der Waals surface area contributed by atoms with Crippen molar-refractivity contribution in [2.45, 2.75) is 241 Å². The second kappa shape index (κ2) is 27.3. The van der Waals surface area contributed by atoms with Crippen LogP contribution in [0, 0.1) is 0 Å². The summed E-state index contributed by atoms with van der Waals surface area (Å²) < 4.78 is 79.7. The molecule has 0 spiro atoms. The van der Waals surface area contributed by atoms with E-state index in [0.29, 0.717) is 30.1 Å². The summed E-state index contributed by atoms with van der Waals surface area (Å²) in [5, 5.41) is 0. The third-order valence-electron chi connectivity index (χ3n) is 13.5. The van der Waals surface area contributed by atoms with Gasteiger partial charge in [-0.25, -0.2) is 4.79 Å². The Morgan fingerprint density at radius 3 is 1.19 bits per heavy atom. The molecular formula is C42H110O14Si16. The Morgan fingerprint density at radius 1 is 0.556 bits per heavy atom. The Morgan fingerprint density at radius 2 is 0.875 bits per heavy atom. The smallest absolute Gasteiger partial charge is 0.333 e.